The van der Waals surface area contributed by atoms with Crippen molar-refractivity contribution >= 4 is 55.2 Å². The molecule has 0 unspecified atom stereocenters. The van der Waals surface area contributed by atoms with E-state index in [1.807, 2.05) is 36.4 Å². The van der Waals surface area contributed by atoms with Gasteiger partial charge in [-0.05, 0) is 24.3 Å². The van der Waals surface area contributed by atoms with E-state index in [4.69, 9.17) is 11.1 Å². The summed E-state index contributed by atoms with van der Waals surface area (Å²) in [4.78, 5) is 5.64. The highest BCUT2D eigenvalue weighted by atomic mass is 32.1. The monoisotopic (exact) mass is 547 g/mol. The molecule has 0 bridgehead atoms. The summed E-state index contributed by atoms with van der Waals surface area (Å²) in [7, 11) is 0. The van der Waals surface area contributed by atoms with Crippen molar-refractivity contribution in [3.8, 4) is 10.6 Å². The van der Waals surface area contributed by atoms with Gasteiger partial charge in [0.1, 0.15) is 6.15 Å². The number of hydrogen-bond donors (Lipinski definition) is 2. The van der Waals surface area contributed by atoms with Gasteiger partial charge >= 0.3 is 0 Å². The number of nitrogens with two attached hydrogens (primary N) is 2. The topological polar surface area (TPSA) is 64.5 Å². The summed E-state index contributed by atoms with van der Waals surface area (Å²) in [5, 5.41) is 6.51. The Morgan fingerprint density at radius 3 is 1.46 bits per heavy atom. The van der Waals surface area contributed by atoms with Crippen molar-refractivity contribution in [2.45, 2.75) is 0 Å². The maximum atomic E-state index is 5.75. The van der Waals surface area contributed by atoms with Crippen molar-refractivity contribution in [3.63, 3.8) is 0 Å². The molecule has 1 aliphatic heterocycles. The minimum Gasteiger partial charge on any atom is -0.399 e. The summed E-state index contributed by atoms with van der Waals surface area (Å²) in [6.07, 6.45) is -1.22. The Labute approximate surface area is 244 Å². The number of aromatic nitrogens is 1. The molecule has 0 radical (unpaired) electrons. The third-order valence-corrected chi connectivity index (χ3v) is 8.72. The second-order valence-electron chi connectivity index (χ2n) is 10.2. The molecule has 41 heavy (non-hydrogen) atoms. The third-order valence-electron chi connectivity index (χ3n) is 7.63. The average molecular weight is 548 g/mol. The van der Waals surface area contributed by atoms with E-state index in [1.165, 1.54) is 21.9 Å². The Kier molecular flexibility index (Phi) is 7.44. The molecule has 1 heterocycles. The minimum absolute atomic E-state index is 0.758. The van der Waals surface area contributed by atoms with Gasteiger partial charge in [0.15, 0.2) is 5.36 Å². The minimum atomic E-state index is -1.22. The van der Waals surface area contributed by atoms with Gasteiger partial charge in [-0.25, -0.2) is 4.98 Å². The van der Waals surface area contributed by atoms with Crippen LogP contribution in [0.25, 0.3) is 20.8 Å². The highest BCUT2D eigenvalue weighted by Gasteiger charge is 2.31. The van der Waals surface area contributed by atoms with Crippen LogP contribution in [0.4, 0.5) is 5.69 Å². The fraction of sp³-hybridized carbons (Fsp3) is 0. The first-order valence-corrected chi connectivity index (χ1v) is 14.5. The number of nitrogens with zero attached hydrogens (tertiary/aromatic N) is 1. The predicted molar refractivity (Wildman–Crippen MR) is 176 cm³/mol. The molecule has 4 N–H and O–H groups in total. The number of fused-ring (bicyclic) bond motifs is 2. The molecule has 0 spiro atoms. The van der Waals surface area contributed by atoms with E-state index in [0.717, 1.165) is 31.8 Å². The second-order valence-corrected chi connectivity index (χ2v) is 11.3. The molecular formula is C36H30BN3S. The van der Waals surface area contributed by atoms with Gasteiger partial charge in [-0.15, -0.1) is 11.3 Å². The number of nitrogen functional groups attached to an aromatic ring is 1. The second kappa shape index (κ2) is 11.6. The lowest BCUT2D eigenvalue weighted by Crippen LogP contribution is -2.74. The van der Waals surface area contributed by atoms with Crippen LogP contribution in [0.15, 0.2) is 158 Å². The Balaban J connectivity index is 0.000000162. The van der Waals surface area contributed by atoms with Crippen LogP contribution in [0.1, 0.15) is 0 Å². The SMILES string of the molecule is Nc1ccc2nc3ccc(=[NH2+])cc-3sc2c1.c1ccc([B-](c2ccccc2)(c2ccccc2)c2ccccc2)cc1. The molecule has 1 aliphatic carbocycles. The highest BCUT2D eigenvalue weighted by Crippen LogP contribution is 2.30. The van der Waals surface area contributed by atoms with Crippen LogP contribution in [0.2, 0.25) is 0 Å². The van der Waals surface area contributed by atoms with Gasteiger partial charge in [0, 0.05) is 17.8 Å². The fourth-order valence-electron chi connectivity index (χ4n) is 5.78. The zero-order valence-corrected chi connectivity index (χ0v) is 23.4. The largest absolute Gasteiger partial charge is 0.399 e. The molecule has 7 rings (SSSR count). The van der Waals surface area contributed by atoms with Gasteiger partial charge in [-0.3, -0.25) is 5.41 Å². The Morgan fingerprint density at radius 2 is 1.00 bits per heavy atom. The molecular weight excluding hydrogens is 517 g/mol. The molecule has 0 fully saturated rings. The summed E-state index contributed by atoms with van der Waals surface area (Å²) in [5.74, 6) is 0. The van der Waals surface area contributed by atoms with Crippen LogP contribution < -0.4 is 38.4 Å². The van der Waals surface area contributed by atoms with Crippen LogP contribution in [0.3, 0.4) is 0 Å². The molecule has 3 nitrogen and oxygen atoms in total. The smallest absolute Gasteiger partial charge is 0.198 e. The van der Waals surface area contributed by atoms with Crippen molar-refractivity contribution in [1.82, 2.24) is 4.98 Å². The normalized spacial score (nSPS) is 11.1. The quantitative estimate of drug-likeness (QED) is 0.201. The molecule has 2 aliphatic rings. The lowest BCUT2D eigenvalue weighted by molar-refractivity contribution is -0.172. The Bertz CT molecular complexity index is 1740. The molecule has 0 aromatic heterocycles. The number of hydrogen-bond acceptors (Lipinski definition) is 3. The lowest BCUT2D eigenvalue weighted by Gasteiger charge is -2.44. The van der Waals surface area contributed by atoms with Crippen molar-refractivity contribution < 1.29 is 5.41 Å². The summed E-state index contributed by atoms with van der Waals surface area (Å²) in [6.45, 7) is 0. The molecule has 0 atom stereocenters. The zero-order chi connectivity index (χ0) is 28.1. The van der Waals surface area contributed by atoms with E-state index in [9.17, 15) is 0 Å². The predicted octanol–water partition coefficient (Wildman–Crippen LogP) is 3.71. The Hall–Kier alpha value is -5.00. The van der Waals surface area contributed by atoms with Crippen molar-refractivity contribution in [3.05, 3.63) is 163 Å². The van der Waals surface area contributed by atoms with Gasteiger partial charge < -0.3 is 5.73 Å². The molecule has 0 saturated carbocycles. The van der Waals surface area contributed by atoms with Gasteiger partial charge in [0.05, 0.1) is 20.8 Å². The Morgan fingerprint density at radius 1 is 0.537 bits per heavy atom. The van der Waals surface area contributed by atoms with Gasteiger partial charge in [-0.1, -0.05) is 121 Å². The number of anilines is 1. The molecule has 5 heteroatoms. The first kappa shape index (κ1) is 26.2. The van der Waals surface area contributed by atoms with E-state index in [2.05, 4.69) is 126 Å². The van der Waals surface area contributed by atoms with Crippen molar-refractivity contribution in [1.29, 1.82) is 0 Å². The van der Waals surface area contributed by atoms with E-state index >= 15 is 0 Å². The molecule has 5 aromatic rings. The first-order valence-electron chi connectivity index (χ1n) is 13.7. The van der Waals surface area contributed by atoms with E-state index in [-0.39, 0.29) is 0 Å². The van der Waals surface area contributed by atoms with Gasteiger partial charge in [0.25, 0.3) is 0 Å². The summed E-state index contributed by atoms with van der Waals surface area (Å²) < 4.78 is 1.08. The zero-order valence-electron chi connectivity index (χ0n) is 22.6. The molecule has 0 saturated heterocycles. The van der Waals surface area contributed by atoms with Crippen LogP contribution in [0, 0.1) is 0 Å². The number of rotatable bonds is 4. The van der Waals surface area contributed by atoms with Gasteiger partial charge in [0.2, 0.25) is 0 Å². The molecule has 198 valence electrons. The first-order chi connectivity index (χ1) is 20.1. The summed E-state index contributed by atoms with van der Waals surface area (Å²) in [5.41, 5.74) is 13.8. The van der Waals surface area contributed by atoms with Crippen LogP contribution in [-0.4, -0.2) is 11.1 Å². The summed E-state index contributed by atoms with van der Waals surface area (Å²) in [6, 6.07) is 55.0. The van der Waals surface area contributed by atoms with Crippen LogP contribution >= 0.6 is 11.3 Å². The van der Waals surface area contributed by atoms with Gasteiger partial charge in [-0.2, -0.15) is 21.9 Å². The number of benzene rings is 6. The van der Waals surface area contributed by atoms with Crippen molar-refractivity contribution in [2.75, 3.05) is 5.73 Å². The van der Waals surface area contributed by atoms with E-state index in [1.54, 1.807) is 11.3 Å². The maximum Gasteiger partial charge on any atom is 0.198 e. The molecule has 5 aromatic carbocycles. The third kappa shape index (κ3) is 5.28. The summed E-state index contributed by atoms with van der Waals surface area (Å²) >= 11 is 1.66. The fourth-order valence-corrected chi connectivity index (χ4v) is 6.84. The molecule has 0 amide bonds. The lowest BCUT2D eigenvalue weighted by atomic mass is 9.13. The van der Waals surface area contributed by atoms with Crippen LogP contribution in [-0.2, 0) is 0 Å². The van der Waals surface area contributed by atoms with E-state index in [0.29, 0.717) is 0 Å². The average Bonchev–Trinajstić information content (AvgIpc) is 3.03. The van der Waals surface area contributed by atoms with Crippen molar-refractivity contribution in [2.24, 2.45) is 0 Å². The van der Waals surface area contributed by atoms with E-state index < -0.39 is 6.15 Å². The highest BCUT2D eigenvalue weighted by molar-refractivity contribution is 7.21. The maximum absolute atomic E-state index is 5.75. The standard InChI is InChI=1S/C24H20B.C12H9N3S/c1-5-13-21(14-6-1)25(22-15-7-2-8-16-22,23-17-9-3-10-18-23)24-19-11-4-12-20-24;13-7-1-3-9-11(5-7)16-12-6-8(14)2-4-10(12)15-9/h1-20H;1-6,13H,14H2/q-1;/p+1. The van der Waals surface area contributed by atoms with Crippen LogP contribution in [0.5, 0.6) is 0 Å².